The molecule has 9 nitrogen and oxygen atoms in total. The molecule has 2 heterocycles. The fourth-order valence-corrected chi connectivity index (χ4v) is 8.37. The maximum Gasteiger partial charge on any atom is 0.254 e. The van der Waals surface area contributed by atoms with Crippen molar-refractivity contribution in [2.75, 3.05) is 32.3 Å². The molecular formula is C39H45ClN3O6S-. The van der Waals surface area contributed by atoms with Gasteiger partial charge in [0.05, 0.1) is 25.5 Å². The van der Waals surface area contributed by atoms with Crippen LogP contribution in [0.1, 0.15) is 70.9 Å². The van der Waals surface area contributed by atoms with E-state index in [0.717, 1.165) is 44.3 Å². The first-order valence-corrected chi connectivity index (χ1v) is 18.9. The van der Waals surface area contributed by atoms with Gasteiger partial charge in [-0.15, -0.1) is 0 Å². The van der Waals surface area contributed by atoms with E-state index < -0.39 is 27.8 Å². The van der Waals surface area contributed by atoms with Crippen LogP contribution in [0, 0.1) is 17.8 Å². The number of nitrogens with one attached hydrogen (secondary N) is 1. The highest BCUT2D eigenvalue weighted by molar-refractivity contribution is 7.75. The zero-order valence-electron chi connectivity index (χ0n) is 28.8. The second kappa shape index (κ2) is 16.4. The fourth-order valence-electron chi connectivity index (χ4n) is 7.08. The second-order valence-corrected chi connectivity index (χ2v) is 15.1. The quantitative estimate of drug-likeness (QED) is 0.217. The molecular weight excluding hydrogens is 674 g/mol. The van der Waals surface area contributed by atoms with Gasteiger partial charge in [0.25, 0.3) is 5.91 Å². The van der Waals surface area contributed by atoms with E-state index in [2.05, 4.69) is 32.8 Å². The predicted molar refractivity (Wildman–Crippen MR) is 196 cm³/mol. The van der Waals surface area contributed by atoms with Gasteiger partial charge < -0.3 is 33.0 Å². The minimum atomic E-state index is -2.08. The Labute approximate surface area is 301 Å². The number of hydrogen-bond acceptors (Lipinski definition) is 8. The summed E-state index contributed by atoms with van der Waals surface area (Å²) in [5, 5.41) is 2.70. The van der Waals surface area contributed by atoms with Crippen LogP contribution in [0.15, 0.2) is 77.2 Å². The summed E-state index contributed by atoms with van der Waals surface area (Å²) >= 11 is 6.45. The maximum absolute atomic E-state index is 13.9. The van der Waals surface area contributed by atoms with Crippen molar-refractivity contribution in [3.63, 3.8) is 0 Å². The molecule has 6 rings (SSSR count). The molecule has 5 unspecified atom stereocenters. The maximum atomic E-state index is 13.9. The van der Waals surface area contributed by atoms with Crippen LogP contribution in [-0.4, -0.2) is 50.7 Å². The number of methoxy groups -OCH3 is 2. The van der Waals surface area contributed by atoms with E-state index in [1.807, 2.05) is 31.2 Å². The van der Waals surface area contributed by atoms with E-state index in [0.29, 0.717) is 59.1 Å². The van der Waals surface area contributed by atoms with E-state index in [1.165, 1.54) is 11.1 Å². The van der Waals surface area contributed by atoms with Crippen molar-refractivity contribution < 1.29 is 28.0 Å². The number of hydrogen-bond donors (Lipinski definition) is 1. The van der Waals surface area contributed by atoms with Gasteiger partial charge in [0.2, 0.25) is 5.91 Å². The van der Waals surface area contributed by atoms with Gasteiger partial charge in [-0.05, 0) is 127 Å². The molecule has 0 radical (unpaired) electrons. The lowest BCUT2D eigenvalue weighted by Gasteiger charge is -2.43. The van der Waals surface area contributed by atoms with Gasteiger partial charge in [0, 0.05) is 36.3 Å². The third kappa shape index (κ3) is 8.36. The molecule has 1 saturated carbocycles. The minimum Gasteiger partial charge on any atom is -0.497 e. The number of anilines is 1. The Balaban J connectivity index is 1.41. The zero-order valence-corrected chi connectivity index (χ0v) is 30.4. The number of amides is 2. The molecule has 0 saturated heterocycles. The molecule has 50 heavy (non-hydrogen) atoms. The van der Waals surface area contributed by atoms with Crippen LogP contribution < -0.4 is 19.7 Å². The van der Waals surface area contributed by atoms with Crippen molar-refractivity contribution >= 4 is 39.7 Å². The van der Waals surface area contributed by atoms with E-state index in [9.17, 15) is 13.8 Å². The van der Waals surface area contributed by atoms with Crippen LogP contribution in [0.2, 0.25) is 5.02 Å². The molecule has 2 amide bonds. The van der Waals surface area contributed by atoms with Gasteiger partial charge >= 0.3 is 0 Å². The van der Waals surface area contributed by atoms with Gasteiger partial charge in [-0.25, -0.2) is 0 Å². The smallest absolute Gasteiger partial charge is 0.254 e. The average Bonchev–Trinajstić information content (AvgIpc) is 3.14. The molecule has 1 N–H and O–H groups in total. The molecule has 3 aromatic rings. The van der Waals surface area contributed by atoms with Crippen LogP contribution in [0.5, 0.6) is 11.5 Å². The number of allylic oxidation sites excluding steroid dienone is 1. The average molecular weight is 719 g/mol. The Hall–Kier alpha value is -3.86. The number of aryl methyl sites for hydroxylation is 1. The van der Waals surface area contributed by atoms with Gasteiger partial charge in [-0.3, -0.25) is 9.59 Å². The van der Waals surface area contributed by atoms with Gasteiger partial charge in [-0.1, -0.05) is 36.7 Å². The summed E-state index contributed by atoms with van der Waals surface area (Å²) in [7, 11) is 1.21. The summed E-state index contributed by atoms with van der Waals surface area (Å²) in [6, 6.07) is 18.1. The van der Waals surface area contributed by atoms with Crippen molar-refractivity contribution in [3.8, 4) is 11.5 Å². The van der Waals surface area contributed by atoms with Crippen molar-refractivity contribution in [1.29, 1.82) is 0 Å². The molecule has 0 spiro atoms. The Morgan fingerprint density at radius 2 is 1.86 bits per heavy atom. The summed E-state index contributed by atoms with van der Waals surface area (Å²) in [6.45, 7) is 3.79. The molecule has 1 fully saturated rings. The van der Waals surface area contributed by atoms with Crippen molar-refractivity contribution in [1.82, 2.24) is 5.32 Å². The number of halogens is 1. The normalized spacial score (nSPS) is 24.7. The summed E-state index contributed by atoms with van der Waals surface area (Å²) in [6.07, 6.45) is 9.35. The predicted octanol–water partition coefficient (Wildman–Crippen LogP) is 7.75. The molecule has 5 atom stereocenters. The molecule has 1 aliphatic carbocycles. The van der Waals surface area contributed by atoms with Crippen LogP contribution in [-0.2, 0) is 32.5 Å². The summed E-state index contributed by atoms with van der Waals surface area (Å²) < 4.78 is 35.7. The fraction of sp³-hybridized carbons (Fsp3) is 0.436. The second-order valence-electron chi connectivity index (χ2n) is 13.4. The lowest BCUT2D eigenvalue weighted by atomic mass is 9.70. The Morgan fingerprint density at radius 1 is 1.04 bits per heavy atom. The van der Waals surface area contributed by atoms with E-state index in [-0.39, 0.29) is 12.0 Å². The van der Waals surface area contributed by atoms with Crippen LogP contribution in [0.3, 0.4) is 0 Å². The number of nitrogens with zero attached hydrogens (tertiary/aromatic N) is 2. The number of carbonyl (C=O) groups is 2. The number of benzene rings is 3. The Bertz CT molecular complexity index is 1810. The largest absolute Gasteiger partial charge is 0.497 e. The third-order valence-electron chi connectivity index (χ3n) is 10.2. The Kier molecular flexibility index (Phi) is 11.8. The summed E-state index contributed by atoms with van der Waals surface area (Å²) in [5.74, 6) is 0.613. The van der Waals surface area contributed by atoms with Crippen molar-refractivity contribution in [3.05, 3.63) is 100 Å². The van der Waals surface area contributed by atoms with Crippen LogP contribution in [0.4, 0.5) is 5.69 Å². The standard InChI is InChI=1S/C39H45ClN3O6S/c1-25-7-6-9-35(48-3)33-18-13-30(33)24-43-23-29-10-15-31(40)21-27(29)8-4-5-20-49-36-19-14-28(22-34(36)43)38(45)42-50(46)39(25)41-37(44)26-11-16-32(47-2)17-12-26/h6,9-12,14-17,19,21-22,25,30,33,35,39H,4-5,7-8,13,18,20,23-24H2,1-3H3,(H,41,44)/q-1. The van der Waals surface area contributed by atoms with Gasteiger partial charge in [0.15, 0.2) is 0 Å². The van der Waals surface area contributed by atoms with Crippen LogP contribution >= 0.6 is 11.6 Å². The molecule has 11 heteroatoms. The first-order chi connectivity index (χ1) is 24.2. The monoisotopic (exact) mass is 718 g/mol. The molecule has 3 aliphatic rings. The zero-order chi connectivity index (χ0) is 35.2. The van der Waals surface area contributed by atoms with Gasteiger partial charge in [-0.2, -0.15) is 10.6 Å². The molecule has 2 aliphatic heterocycles. The first-order valence-electron chi connectivity index (χ1n) is 17.3. The van der Waals surface area contributed by atoms with Crippen molar-refractivity contribution in [2.24, 2.45) is 22.1 Å². The van der Waals surface area contributed by atoms with Gasteiger partial charge in [0.1, 0.15) is 11.5 Å². The molecule has 266 valence electrons. The summed E-state index contributed by atoms with van der Waals surface area (Å²) in [5.41, 5.74) is 3.87. The van der Waals surface area contributed by atoms with Crippen molar-refractivity contribution in [2.45, 2.75) is 63.5 Å². The minimum absolute atomic E-state index is 0.102. The van der Waals surface area contributed by atoms with Crippen LogP contribution in [0.25, 0.3) is 0 Å². The third-order valence-corrected chi connectivity index (χ3v) is 11.8. The molecule has 2 bridgehead atoms. The molecule has 0 aromatic heterocycles. The number of rotatable bonds is 4. The van der Waals surface area contributed by atoms with E-state index in [1.54, 1.807) is 44.6 Å². The molecule has 3 aromatic carbocycles. The SMILES string of the molecule is COc1ccc(C(=O)NC2C(C)CC=CC(OC)C3CCC3CN3Cc4ccc(Cl)cc4CCCCOc4ccc(cc43)C(=O)N=[S-]2=O)cc1. The highest BCUT2D eigenvalue weighted by Gasteiger charge is 2.38. The summed E-state index contributed by atoms with van der Waals surface area (Å²) in [4.78, 5) is 29.4. The number of carbonyl (C=O) groups excluding carboxylic acids is 2. The Morgan fingerprint density at radius 3 is 2.60 bits per heavy atom. The number of ether oxygens (including phenoxy) is 3. The lowest BCUT2D eigenvalue weighted by molar-refractivity contribution is 0.0133. The lowest BCUT2D eigenvalue weighted by Crippen LogP contribution is -2.43. The van der Waals surface area contributed by atoms with E-state index in [4.69, 9.17) is 25.8 Å². The number of fused-ring (bicyclic) bond motifs is 3. The topological polar surface area (TPSA) is 107 Å². The highest BCUT2D eigenvalue weighted by atomic mass is 35.5. The van der Waals surface area contributed by atoms with E-state index >= 15 is 0 Å². The highest BCUT2D eigenvalue weighted by Crippen LogP contribution is 2.42. The first kappa shape index (κ1) is 35.9.